The number of fused-ring (bicyclic) bond motifs is 2. The van der Waals surface area contributed by atoms with E-state index < -0.39 is 11.9 Å². The summed E-state index contributed by atoms with van der Waals surface area (Å²) in [6, 6.07) is 18.5. The fourth-order valence-corrected chi connectivity index (χ4v) is 5.62. The number of nitrogens with one attached hydrogen (secondary N) is 1. The highest BCUT2D eigenvalue weighted by molar-refractivity contribution is 9.10. The van der Waals surface area contributed by atoms with Crippen LogP contribution in [0.4, 0.5) is 0 Å². The molecule has 0 amide bonds. The van der Waals surface area contributed by atoms with Crippen LogP contribution < -0.4 is 14.8 Å². The van der Waals surface area contributed by atoms with Gasteiger partial charge >= 0.3 is 5.97 Å². The molecule has 5 rings (SSSR count). The lowest BCUT2D eigenvalue weighted by Gasteiger charge is -2.30. The number of esters is 1. The van der Waals surface area contributed by atoms with Crippen molar-refractivity contribution < 1.29 is 23.8 Å². The van der Waals surface area contributed by atoms with Crippen molar-refractivity contribution in [3.8, 4) is 11.5 Å². The molecular weight excluding hydrogens is 570 g/mol. The first-order valence-corrected chi connectivity index (χ1v) is 13.3. The molecule has 0 bridgehead atoms. The smallest absolute Gasteiger partial charge is 0.336 e. The molecule has 1 atom stereocenters. The molecule has 38 heavy (non-hydrogen) atoms. The molecule has 0 unspecified atom stereocenters. The average molecular weight is 595 g/mol. The Morgan fingerprint density at radius 1 is 1.08 bits per heavy atom. The second kappa shape index (κ2) is 10.7. The number of methoxy groups -OCH3 is 1. The standard InChI is InChI=1S/C30H25BrClNO5/c1-4-37-30(35)24-16(2)33-27-20-7-5-6-8-21(20)28(34)26(27)25(24)18-13-22(31)29(23(14-18)36-3)38-15-17-9-11-19(32)12-10-17/h5-14,25,33H,4,15H2,1-3H3/t25-/m1/s1. The Kier molecular flexibility index (Phi) is 7.32. The Balaban J connectivity index is 1.60. The van der Waals surface area contributed by atoms with Gasteiger partial charge in [0.15, 0.2) is 17.3 Å². The van der Waals surface area contributed by atoms with Crippen LogP contribution in [0.25, 0.3) is 5.70 Å². The number of dihydropyridines is 1. The number of halogens is 2. The van der Waals surface area contributed by atoms with E-state index in [1.54, 1.807) is 32.2 Å². The number of ether oxygens (including phenoxy) is 3. The van der Waals surface area contributed by atoms with Gasteiger partial charge in [-0.05, 0) is 65.2 Å². The highest BCUT2D eigenvalue weighted by Gasteiger charge is 2.43. The largest absolute Gasteiger partial charge is 0.493 e. The van der Waals surface area contributed by atoms with Gasteiger partial charge in [-0.2, -0.15) is 0 Å². The monoisotopic (exact) mass is 593 g/mol. The third kappa shape index (κ3) is 4.61. The highest BCUT2D eigenvalue weighted by atomic mass is 79.9. The van der Waals surface area contributed by atoms with Gasteiger partial charge in [-0.25, -0.2) is 4.79 Å². The van der Waals surface area contributed by atoms with Crippen molar-refractivity contribution >= 4 is 45.0 Å². The Labute approximate surface area is 234 Å². The lowest BCUT2D eigenvalue weighted by Crippen LogP contribution is -2.29. The summed E-state index contributed by atoms with van der Waals surface area (Å²) in [6.45, 7) is 4.10. The molecule has 3 aromatic carbocycles. The number of benzene rings is 3. The van der Waals surface area contributed by atoms with Crippen LogP contribution in [0.5, 0.6) is 11.5 Å². The molecule has 194 valence electrons. The van der Waals surface area contributed by atoms with E-state index in [0.717, 1.165) is 11.1 Å². The molecule has 0 aromatic heterocycles. The summed E-state index contributed by atoms with van der Waals surface area (Å²) in [7, 11) is 1.55. The van der Waals surface area contributed by atoms with Crippen molar-refractivity contribution in [3.05, 3.63) is 109 Å². The number of allylic oxidation sites excluding steroid dienone is 2. The second-order valence-corrected chi connectivity index (χ2v) is 10.2. The van der Waals surface area contributed by atoms with Gasteiger partial charge in [-0.1, -0.05) is 48.0 Å². The van der Waals surface area contributed by atoms with Crippen molar-refractivity contribution in [2.45, 2.75) is 26.4 Å². The maximum atomic E-state index is 13.7. The number of carbonyl (C=O) groups is 2. The van der Waals surface area contributed by atoms with Crippen LogP contribution in [-0.2, 0) is 16.1 Å². The van der Waals surface area contributed by atoms with E-state index in [1.165, 1.54) is 0 Å². The summed E-state index contributed by atoms with van der Waals surface area (Å²) in [5.74, 6) is -0.293. The van der Waals surface area contributed by atoms with E-state index in [9.17, 15) is 9.59 Å². The highest BCUT2D eigenvalue weighted by Crippen LogP contribution is 2.49. The van der Waals surface area contributed by atoms with Gasteiger partial charge in [0.05, 0.1) is 29.5 Å². The summed E-state index contributed by atoms with van der Waals surface area (Å²) in [5.41, 5.74) is 5.28. The van der Waals surface area contributed by atoms with Crippen LogP contribution in [0.3, 0.4) is 0 Å². The molecule has 0 fully saturated rings. The molecule has 0 saturated carbocycles. The summed E-state index contributed by atoms with van der Waals surface area (Å²) < 4.78 is 17.9. The van der Waals surface area contributed by atoms with Crippen LogP contribution >= 0.6 is 27.5 Å². The van der Waals surface area contributed by atoms with Gasteiger partial charge < -0.3 is 19.5 Å². The van der Waals surface area contributed by atoms with Crippen molar-refractivity contribution in [2.24, 2.45) is 0 Å². The molecule has 0 spiro atoms. The lowest BCUT2D eigenvalue weighted by atomic mass is 9.79. The third-order valence-electron chi connectivity index (χ3n) is 6.63. The predicted molar refractivity (Wildman–Crippen MR) is 149 cm³/mol. The van der Waals surface area contributed by atoms with Crippen LogP contribution in [0.1, 0.15) is 46.8 Å². The van der Waals surface area contributed by atoms with E-state index in [4.69, 9.17) is 25.8 Å². The summed E-state index contributed by atoms with van der Waals surface area (Å²) in [6.07, 6.45) is 0. The Hall–Kier alpha value is -3.55. The summed E-state index contributed by atoms with van der Waals surface area (Å²) in [4.78, 5) is 26.9. The van der Waals surface area contributed by atoms with Gasteiger partial charge in [0, 0.05) is 33.3 Å². The van der Waals surface area contributed by atoms with E-state index >= 15 is 0 Å². The fraction of sp³-hybridized carbons (Fsp3) is 0.200. The van der Waals surface area contributed by atoms with Crippen molar-refractivity contribution in [1.29, 1.82) is 0 Å². The minimum atomic E-state index is -0.666. The SMILES string of the molecule is CCOC(=O)C1=C(C)NC2=C(C(=O)c3ccccc32)[C@@H]1c1cc(Br)c(OCc2ccc(Cl)cc2)c(OC)c1. The Morgan fingerprint density at radius 2 is 1.79 bits per heavy atom. The maximum absolute atomic E-state index is 13.7. The molecule has 0 radical (unpaired) electrons. The fourth-order valence-electron chi connectivity index (χ4n) is 4.92. The zero-order chi connectivity index (χ0) is 27.0. The van der Waals surface area contributed by atoms with E-state index in [-0.39, 0.29) is 12.4 Å². The number of ketones is 1. The van der Waals surface area contributed by atoms with Crippen molar-refractivity contribution in [1.82, 2.24) is 5.32 Å². The van der Waals surface area contributed by atoms with Crippen LogP contribution in [0, 0.1) is 0 Å². The minimum Gasteiger partial charge on any atom is -0.493 e. The molecule has 0 saturated heterocycles. The van der Waals surface area contributed by atoms with Gasteiger partial charge in [-0.15, -0.1) is 0 Å². The minimum absolute atomic E-state index is 0.124. The first-order valence-electron chi connectivity index (χ1n) is 12.1. The number of rotatable bonds is 7. The van der Waals surface area contributed by atoms with Crippen molar-refractivity contribution in [2.75, 3.05) is 13.7 Å². The molecule has 3 aromatic rings. The lowest BCUT2D eigenvalue weighted by molar-refractivity contribution is -0.138. The molecule has 1 aliphatic carbocycles. The van der Waals surface area contributed by atoms with E-state index in [1.807, 2.05) is 49.4 Å². The molecule has 6 nitrogen and oxygen atoms in total. The van der Waals surface area contributed by atoms with Crippen LogP contribution in [-0.4, -0.2) is 25.5 Å². The van der Waals surface area contributed by atoms with E-state index in [2.05, 4.69) is 21.2 Å². The van der Waals surface area contributed by atoms with E-state index in [0.29, 0.717) is 61.3 Å². The molecule has 1 N–H and O–H groups in total. The average Bonchev–Trinajstić information content (AvgIpc) is 3.19. The summed E-state index contributed by atoms with van der Waals surface area (Å²) >= 11 is 9.63. The number of hydrogen-bond acceptors (Lipinski definition) is 6. The zero-order valence-corrected chi connectivity index (χ0v) is 23.4. The van der Waals surface area contributed by atoms with Crippen molar-refractivity contribution in [3.63, 3.8) is 0 Å². The zero-order valence-electron chi connectivity index (χ0n) is 21.1. The molecule has 8 heteroatoms. The summed E-state index contributed by atoms with van der Waals surface area (Å²) in [5, 5.41) is 3.96. The topological polar surface area (TPSA) is 73.9 Å². The van der Waals surface area contributed by atoms with Gasteiger partial charge in [0.2, 0.25) is 0 Å². The quantitative estimate of drug-likeness (QED) is 0.303. The van der Waals surface area contributed by atoms with Crippen LogP contribution in [0.2, 0.25) is 5.02 Å². The van der Waals surface area contributed by atoms with Gasteiger partial charge in [-0.3, -0.25) is 4.79 Å². The molecule has 1 heterocycles. The third-order valence-corrected chi connectivity index (χ3v) is 7.47. The first-order chi connectivity index (χ1) is 18.3. The second-order valence-electron chi connectivity index (χ2n) is 8.93. The number of Topliss-reactive ketones (excluding diaryl/α,β-unsaturated/α-hetero) is 1. The van der Waals surface area contributed by atoms with Gasteiger partial charge in [0.1, 0.15) is 6.61 Å². The number of hydrogen-bond donors (Lipinski definition) is 1. The Bertz CT molecular complexity index is 1510. The van der Waals surface area contributed by atoms with Crippen LogP contribution in [0.15, 0.2) is 82.0 Å². The first kappa shape index (κ1) is 26.1. The molecule has 1 aliphatic heterocycles. The number of carbonyl (C=O) groups excluding carboxylic acids is 2. The normalized spacial score (nSPS) is 16.1. The predicted octanol–water partition coefficient (Wildman–Crippen LogP) is 6.82. The Morgan fingerprint density at radius 3 is 2.47 bits per heavy atom. The molecule has 2 aliphatic rings. The maximum Gasteiger partial charge on any atom is 0.336 e. The molecular formula is C30H25BrClNO5. The van der Waals surface area contributed by atoms with Gasteiger partial charge in [0.25, 0.3) is 0 Å².